The van der Waals surface area contributed by atoms with Crippen LogP contribution >= 0.6 is 0 Å². The number of aromatic amines is 1. The summed E-state index contributed by atoms with van der Waals surface area (Å²) < 4.78 is 19.3. The number of halogens is 1. The number of fused-ring (bicyclic) bond motifs is 1. The Hall–Kier alpha value is -4.11. The zero-order chi connectivity index (χ0) is 22.5. The molecule has 1 unspecified atom stereocenters. The number of nitrogens with one attached hydrogen (secondary N) is 2. The Bertz CT molecular complexity index is 1290. The molecule has 3 aromatic carbocycles. The quantitative estimate of drug-likeness (QED) is 0.420. The second kappa shape index (κ2) is 9.36. The maximum Gasteiger partial charge on any atom is 0.221 e. The Labute approximate surface area is 185 Å². The molecule has 1 aromatic heterocycles. The predicted molar refractivity (Wildman–Crippen MR) is 122 cm³/mol. The standard InChI is InChI=1S/C26H22FN3O2/c1-32-18-12-10-17(11-13-18)26-20(19-6-3-5-9-23(19)30-26)14-15-25(31)29-24(16-28)21-7-2-4-8-22(21)27/h2-13,24,30H,14-15H2,1H3,(H,29,31). The number of benzene rings is 3. The molecule has 4 aromatic rings. The Morgan fingerprint density at radius 1 is 1.09 bits per heavy atom. The van der Waals surface area contributed by atoms with Crippen molar-refractivity contribution in [3.63, 3.8) is 0 Å². The molecule has 0 spiro atoms. The fraction of sp³-hybridized carbons (Fsp3) is 0.154. The zero-order valence-corrected chi connectivity index (χ0v) is 17.6. The van der Waals surface area contributed by atoms with Gasteiger partial charge in [0.2, 0.25) is 5.91 Å². The lowest BCUT2D eigenvalue weighted by Gasteiger charge is -2.13. The first-order valence-corrected chi connectivity index (χ1v) is 10.3. The third-order valence-electron chi connectivity index (χ3n) is 5.45. The van der Waals surface area contributed by atoms with E-state index in [9.17, 15) is 14.4 Å². The van der Waals surface area contributed by atoms with Crippen molar-refractivity contribution in [3.8, 4) is 23.1 Å². The molecule has 32 heavy (non-hydrogen) atoms. The van der Waals surface area contributed by atoms with Gasteiger partial charge in [0.25, 0.3) is 0 Å². The molecule has 6 heteroatoms. The van der Waals surface area contributed by atoms with E-state index in [-0.39, 0.29) is 17.9 Å². The van der Waals surface area contributed by atoms with Gasteiger partial charge in [-0.2, -0.15) is 5.26 Å². The average molecular weight is 427 g/mol. The Morgan fingerprint density at radius 2 is 1.81 bits per heavy atom. The first kappa shape index (κ1) is 21.1. The van der Waals surface area contributed by atoms with Crippen molar-refractivity contribution in [3.05, 3.63) is 89.7 Å². The van der Waals surface area contributed by atoms with Gasteiger partial charge in [0.05, 0.1) is 13.2 Å². The molecule has 2 N–H and O–H groups in total. The summed E-state index contributed by atoms with van der Waals surface area (Å²) in [6.07, 6.45) is 0.629. The molecule has 0 fully saturated rings. The normalized spacial score (nSPS) is 11.7. The number of nitrogens with zero attached hydrogens (tertiary/aromatic N) is 1. The van der Waals surface area contributed by atoms with Crippen molar-refractivity contribution < 1.29 is 13.9 Å². The third-order valence-corrected chi connectivity index (χ3v) is 5.45. The van der Waals surface area contributed by atoms with Crippen LogP contribution in [0, 0.1) is 17.1 Å². The Kier molecular flexibility index (Phi) is 6.18. The minimum atomic E-state index is -1.03. The summed E-state index contributed by atoms with van der Waals surface area (Å²) >= 11 is 0. The molecule has 0 bridgehead atoms. The van der Waals surface area contributed by atoms with Crippen LogP contribution in [0.4, 0.5) is 4.39 Å². The number of hydrogen-bond donors (Lipinski definition) is 2. The highest BCUT2D eigenvalue weighted by atomic mass is 19.1. The molecule has 1 heterocycles. The van der Waals surface area contributed by atoms with E-state index >= 15 is 0 Å². The first-order chi connectivity index (χ1) is 15.6. The Morgan fingerprint density at radius 3 is 2.53 bits per heavy atom. The highest BCUT2D eigenvalue weighted by Gasteiger charge is 2.19. The number of hydrogen-bond acceptors (Lipinski definition) is 3. The number of methoxy groups -OCH3 is 1. The monoisotopic (exact) mass is 427 g/mol. The highest BCUT2D eigenvalue weighted by Crippen LogP contribution is 2.32. The molecule has 4 rings (SSSR count). The lowest BCUT2D eigenvalue weighted by molar-refractivity contribution is -0.121. The first-order valence-electron chi connectivity index (χ1n) is 10.3. The van der Waals surface area contributed by atoms with Crippen molar-refractivity contribution in [2.75, 3.05) is 7.11 Å². The van der Waals surface area contributed by atoms with Gasteiger partial charge >= 0.3 is 0 Å². The van der Waals surface area contributed by atoms with Crippen LogP contribution in [0.15, 0.2) is 72.8 Å². The van der Waals surface area contributed by atoms with E-state index in [0.29, 0.717) is 6.42 Å². The largest absolute Gasteiger partial charge is 0.497 e. The lowest BCUT2D eigenvalue weighted by atomic mass is 10.0. The molecule has 0 aliphatic rings. The van der Waals surface area contributed by atoms with Crippen molar-refractivity contribution >= 4 is 16.8 Å². The smallest absolute Gasteiger partial charge is 0.221 e. The summed E-state index contributed by atoms with van der Waals surface area (Å²) in [7, 11) is 1.62. The third kappa shape index (κ3) is 4.33. The Balaban J connectivity index is 1.56. The number of carbonyl (C=O) groups is 1. The van der Waals surface area contributed by atoms with E-state index in [1.807, 2.05) is 54.6 Å². The summed E-state index contributed by atoms with van der Waals surface area (Å²) in [5, 5.41) is 13.1. The van der Waals surface area contributed by atoms with Gasteiger partial charge in [-0.05, 0) is 53.9 Å². The van der Waals surface area contributed by atoms with E-state index < -0.39 is 11.9 Å². The van der Waals surface area contributed by atoms with E-state index in [4.69, 9.17) is 4.74 Å². The maximum atomic E-state index is 14.0. The molecule has 0 saturated carbocycles. The predicted octanol–water partition coefficient (Wildman–Crippen LogP) is 5.30. The number of rotatable bonds is 7. The van der Waals surface area contributed by atoms with Crippen LogP contribution in [0.2, 0.25) is 0 Å². The van der Waals surface area contributed by atoms with Crippen LogP contribution in [0.3, 0.4) is 0 Å². The number of aryl methyl sites for hydroxylation is 1. The number of aromatic nitrogens is 1. The second-order valence-electron chi connectivity index (χ2n) is 7.40. The molecule has 0 saturated heterocycles. The van der Waals surface area contributed by atoms with Crippen molar-refractivity contribution in [1.29, 1.82) is 5.26 Å². The van der Waals surface area contributed by atoms with Gasteiger partial charge in [0.15, 0.2) is 0 Å². The van der Waals surface area contributed by atoms with E-state index in [1.54, 1.807) is 19.2 Å². The molecule has 160 valence electrons. The topological polar surface area (TPSA) is 77.9 Å². The molecular formula is C26H22FN3O2. The minimum Gasteiger partial charge on any atom is -0.497 e. The van der Waals surface area contributed by atoms with Gasteiger partial charge in [-0.15, -0.1) is 0 Å². The fourth-order valence-corrected chi connectivity index (χ4v) is 3.82. The fourth-order valence-electron chi connectivity index (χ4n) is 3.82. The summed E-state index contributed by atoms with van der Waals surface area (Å²) in [6, 6.07) is 22.6. The van der Waals surface area contributed by atoms with Gasteiger partial charge in [-0.1, -0.05) is 36.4 Å². The van der Waals surface area contributed by atoms with Crippen LogP contribution in [0.5, 0.6) is 5.75 Å². The summed E-state index contributed by atoms with van der Waals surface area (Å²) in [5.41, 5.74) is 4.08. The summed E-state index contributed by atoms with van der Waals surface area (Å²) in [6.45, 7) is 0. The van der Waals surface area contributed by atoms with E-state index in [2.05, 4.69) is 10.3 Å². The zero-order valence-electron chi connectivity index (χ0n) is 17.6. The van der Waals surface area contributed by atoms with E-state index in [1.165, 1.54) is 12.1 Å². The number of carbonyl (C=O) groups excluding carboxylic acids is 1. The van der Waals surface area contributed by atoms with Crippen LogP contribution in [0.1, 0.15) is 23.6 Å². The highest BCUT2D eigenvalue weighted by molar-refractivity contribution is 5.91. The van der Waals surface area contributed by atoms with Crippen molar-refractivity contribution in [1.82, 2.24) is 10.3 Å². The number of amides is 1. The number of para-hydroxylation sites is 1. The molecule has 0 aliphatic heterocycles. The van der Waals surface area contributed by atoms with Crippen LogP contribution in [-0.2, 0) is 11.2 Å². The minimum absolute atomic E-state index is 0.161. The SMILES string of the molecule is COc1ccc(-c2[nH]c3ccccc3c2CCC(=O)NC(C#N)c2ccccc2F)cc1. The number of nitriles is 1. The van der Waals surface area contributed by atoms with Crippen molar-refractivity contribution in [2.45, 2.75) is 18.9 Å². The maximum absolute atomic E-state index is 14.0. The van der Waals surface area contributed by atoms with Crippen LogP contribution < -0.4 is 10.1 Å². The summed E-state index contributed by atoms with van der Waals surface area (Å²) in [4.78, 5) is 16.1. The van der Waals surface area contributed by atoms with Gasteiger partial charge in [-0.25, -0.2) is 4.39 Å². The van der Waals surface area contributed by atoms with E-state index in [0.717, 1.165) is 33.5 Å². The lowest BCUT2D eigenvalue weighted by Crippen LogP contribution is -2.28. The van der Waals surface area contributed by atoms with Gasteiger partial charge < -0.3 is 15.0 Å². The van der Waals surface area contributed by atoms with Gasteiger partial charge in [-0.3, -0.25) is 4.79 Å². The molecule has 0 radical (unpaired) electrons. The molecule has 1 atom stereocenters. The molecule has 1 amide bonds. The second-order valence-corrected chi connectivity index (χ2v) is 7.40. The molecule has 0 aliphatic carbocycles. The van der Waals surface area contributed by atoms with Crippen molar-refractivity contribution in [2.24, 2.45) is 0 Å². The van der Waals surface area contributed by atoms with Crippen LogP contribution in [0.25, 0.3) is 22.2 Å². The average Bonchev–Trinajstić information content (AvgIpc) is 3.20. The molecule has 5 nitrogen and oxygen atoms in total. The van der Waals surface area contributed by atoms with Crippen LogP contribution in [-0.4, -0.2) is 18.0 Å². The summed E-state index contributed by atoms with van der Waals surface area (Å²) in [5.74, 6) is -0.0648. The van der Waals surface area contributed by atoms with Gasteiger partial charge in [0.1, 0.15) is 17.6 Å². The number of H-pyrrole nitrogens is 1. The van der Waals surface area contributed by atoms with Gasteiger partial charge in [0, 0.05) is 28.6 Å². The number of ether oxygens (including phenoxy) is 1. The molecular weight excluding hydrogens is 405 g/mol.